The second-order valence-corrected chi connectivity index (χ2v) is 3.73. The molecule has 1 aliphatic rings. The van der Waals surface area contributed by atoms with Crippen molar-refractivity contribution < 1.29 is 18.0 Å². The lowest BCUT2D eigenvalue weighted by atomic mass is 10.0. The maximum atomic E-state index is 11.7. The fourth-order valence-electron chi connectivity index (χ4n) is 1.91. The van der Waals surface area contributed by atoms with Gasteiger partial charge in [-0.05, 0) is 18.8 Å². The van der Waals surface area contributed by atoms with E-state index in [1.165, 1.54) is 0 Å². The van der Waals surface area contributed by atoms with Crippen molar-refractivity contribution in [2.75, 3.05) is 6.61 Å². The summed E-state index contributed by atoms with van der Waals surface area (Å²) < 4.78 is 35.2. The molecule has 0 bridgehead atoms. The maximum Gasteiger partial charge on any atom is 0.413 e. The molecule has 1 saturated carbocycles. The number of rotatable bonds is 4. The third kappa shape index (κ3) is 3.84. The molecule has 0 amide bonds. The predicted octanol–water partition coefficient (Wildman–Crippen LogP) is 2.65. The first-order valence-corrected chi connectivity index (χ1v) is 4.97. The third-order valence-corrected chi connectivity index (χ3v) is 2.65. The lowest BCUT2D eigenvalue weighted by Gasteiger charge is -2.19. The van der Waals surface area contributed by atoms with E-state index in [-0.39, 0.29) is 6.04 Å². The van der Waals surface area contributed by atoms with Crippen LogP contribution in [0.5, 0.6) is 0 Å². The summed E-state index contributed by atoms with van der Waals surface area (Å²) in [5.74, 6) is 0.461. The van der Waals surface area contributed by atoms with Crippen LogP contribution in [0.15, 0.2) is 0 Å². The highest BCUT2D eigenvalue weighted by Crippen LogP contribution is 2.28. The molecule has 1 fully saturated rings. The quantitative estimate of drug-likeness (QED) is 0.722. The van der Waals surface area contributed by atoms with Crippen molar-refractivity contribution in [1.82, 2.24) is 5.48 Å². The smallest absolute Gasteiger partial charge is 0.292 e. The van der Waals surface area contributed by atoms with Crippen molar-refractivity contribution in [2.45, 2.75) is 44.8 Å². The van der Waals surface area contributed by atoms with Gasteiger partial charge in [0.1, 0.15) is 0 Å². The van der Waals surface area contributed by atoms with Crippen LogP contribution in [0.1, 0.15) is 32.6 Å². The van der Waals surface area contributed by atoms with Crippen LogP contribution in [0, 0.1) is 5.92 Å². The first-order valence-electron chi connectivity index (χ1n) is 4.97. The van der Waals surface area contributed by atoms with E-state index >= 15 is 0 Å². The molecule has 2 unspecified atom stereocenters. The Labute approximate surface area is 81.8 Å². The van der Waals surface area contributed by atoms with Crippen molar-refractivity contribution >= 4 is 0 Å². The third-order valence-electron chi connectivity index (χ3n) is 2.65. The van der Waals surface area contributed by atoms with Crippen molar-refractivity contribution in [2.24, 2.45) is 5.92 Å². The molecule has 0 aromatic rings. The highest BCUT2D eigenvalue weighted by Gasteiger charge is 2.30. The minimum atomic E-state index is -4.24. The Kier molecular flexibility index (Phi) is 4.19. The van der Waals surface area contributed by atoms with E-state index < -0.39 is 12.8 Å². The van der Waals surface area contributed by atoms with Crippen LogP contribution >= 0.6 is 0 Å². The standard InChI is InChI=1S/C9H16F3NO/c1-2-7-4-3-5-8(7)13-14-6-9(10,11)12/h7-8,13H,2-6H2,1H3. The fraction of sp³-hybridized carbons (Fsp3) is 1.00. The van der Waals surface area contributed by atoms with E-state index in [1.54, 1.807) is 0 Å². The number of hydrogen-bond acceptors (Lipinski definition) is 2. The second-order valence-electron chi connectivity index (χ2n) is 3.73. The van der Waals surface area contributed by atoms with Crippen LogP contribution in [0.25, 0.3) is 0 Å². The average molecular weight is 211 g/mol. The minimum absolute atomic E-state index is 0.0994. The lowest BCUT2D eigenvalue weighted by Crippen LogP contribution is -2.35. The van der Waals surface area contributed by atoms with Gasteiger partial charge in [0.25, 0.3) is 0 Å². The van der Waals surface area contributed by atoms with Gasteiger partial charge in [-0.25, -0.2) is 0 Å². The van der Waals surface area contributed by atoms with Crippen LogP contribution < -0.4 is 5.48 Å². The molecule has 0 aliphatic heterocycles. The van der Waals surface area contributed by atoms with E-state index in [2.05, 4.69) is 17.2 Å². The monoisotopic (exact) mass is 211 g/mol. The van der Waals surface area contributed by atoms with Crippen LogP contribution in [-0.4, -0.2) is 18.8 Å². The second kappa shape index (κ2) is 4.98. The predicted molar refractivity (Wildman–Crippen MR) is 46.6 cm³/mol. The van der Waals surface area contributed by atoms with E-state index in [4.69, 9.17) is 0 Å². The van der Waals surface area contributed by atoms with Crippen molar-refractivity contribution in [1.29, 1.82) is 0 Å². The molecular weight excluding hydrogens is 195 g/mol. The zero-order valence-corrected chi connectivity index (χ0v) is 8.23. The van der Waals surface area contributed by atoms with Gasteiger partial charge in [-0.2, -0.15) is 18.7 Å². The van der Waals surface area contributed by atoms with Crippen LogP contribution in [0.4, 0.5) is 13.2 Å². The van der Waals surface area contributed by atoms with Gasteiger partial charge < -0.3 is 0 Å². The Hall–Kier alpha value is -0.290. The molecule has 0 saturated heterocycles. The Bertz CT molecular complexity index is 172. The number of hydroxylamine groups is 1. The summed E-state index contributed by atoms with van der Waals surface area (Å²) in [7, 11) is 0. The molecule has 1 N–H and O–H groups in total. The Morgan fingerprint density at radius 1 is 1.36 bits per heavy atom. The zero-order chi connectivity index (χ0) is 10.6. The topological polar surface area (TPSA) is 21.3 Å². The summed E-state index contributed by atoms with van der Waals surface area (Å²) in [6.07, 6.45) is -0.175. The summed E-state index contributed by atoms with van der Waals surface area (Å²) in [5, 5.41) is 0. The van der Waals surface area contributed by atoms with Gasteiger partial charge in [-0.15, -0.1) is 0 Å². The van der Waals surface area contributed by atoms with Gasteiger partial charge in [0.15, 0.2) is 6.61 Å². The first-order chi connectivity index (χ1) is 6.53. The summed E-state index contributed by atoms with van der Waals surface area (Å²) in [6.45, 7) is 0.842. The van der Waals surface area contributed by atoms with Gasteiger partial charge in [0.2, 0.25) is 0 Å². The molecule has 84 valence electrons. The Morgan fingerprint density at radius 3 is 2.64 bits per heavy atom. The van der Waals surface area contributed by atoms with Gasteiger partial charge in [-0.3, -0.25) is 4.84 Å². The first kappa shape index (κ1) is 11.8. The Morgan fingerprint density at radius 2 is 2.07 bits per heavy atom. The van der Waals surface area contributed by atoms with Crippen molar-refractivity contribution in [3.8, 4) is 0 Å². The number of hydrogen-bond donors (Lipinski definition) is 1. The molecular formula is C9H16F3NO. The van der Waals surface area contributed by atoms with Crippen molar-refractivity contribution in [3.05, 3.63) is 0 Å². The zero-order valence-electron chi connectivity index (χ0n) is 8.23. The molecule has 0 heterocycles. The van der Waals surface area contributed by atoms with Crippen molar-refractivity contribution in [3.63, 3.8) is 0 Å². The highest BCUT2D eigenvalue weighted by atomic mass is 19.4. The SMILES string of the molecule is CCC1CCCC1NOCC(F)(F)F. The van der Waals surface area contributed by atoms with Gasteiger partial charge in [0, 0.05) is 6.04 Å². The van der Waals surface area contributed by atoms with Crippen LogP contribution in [0.2, 0.25) is 0 Å². The number of nitrogens with one attached hydrogen (secondary N) is 1. The van der Waals surface area contributed by atoms with E-state index in [9.17, 15) is 13.2 Å². The molecule has 1 aliphatic carbocycles. The van der Waals surface area contributed by atoms with Gasteiger partial charge in [-0.1, -0.05) is 19.8 Å². The number of halogens is 3. The van der Waals surface area contributed by atoms with Gasteiger partial charge in [0.05, 0.1) is 0 Å². The maximum absolute atomic E-state index is 11.7. The number of alkyl halides is 3. The normalized spacial score (nSPS) is 28.3. The van der Waals surface area contributed by atoms with Gasteiger partial charge >= 0.3 is 6.18 Å². The molecule has 2 atom stereocenters. The molecule has 0 aromatic heterocycles. The summed E-state index contributed by atoms with van der Waals surface area (Å²) in [4.78, 5) is 4.44. The molecule has 2 nitrogen and oxygen atoms in total. The van der Waals surface area contributed by atoms with Crippen LogP contribution in [-0.2, 0) is 4.84 Å². The molecule has 0 aromatic carbocycles. The average Bonchev–Trinajstić information content (AvgIpc) is 2.49. The Balaban J connectivity index is 2.18. The highest BCUT2D eigenvalue weighted by molar-refractivity contribution is 4.79. The summed E-state index contributed by atoms with van der Waals surface area (Å²) in [5.41, 5.74) is 2.52. The molecule has 5 heteroatoms. The minimum Gasteiger partial charge on any atom is -0.292 e. The summed E-state index contributed by atoms with van der Waals surface area (Å²) in [6, 6.07) is 0.0994. The molecule has 0 radical (unpaired) electrons. The fourth-order valence-corrected chi connectivity index (χ4v) is 1.91. The van der Waals surface area contributed by atoms with Crippen LogP contribution in [0.3, 0.4) is 0 Å². The largest absolute Gasteiger partial charge is 0.413 e. The molecule has 14 heavy (non-hydrogen) atoms. The lowest BCUT2D eigenvalue weighted by molar-refractivity contribution is -0.194. The van der Waals surface area contributed by atoms with E-state index in [1.807, 2.05) is 0 Å². The molecule has 0 spiro atoms. The van der Waals surface area contributed by atoms with E-state index in [0.29, 0.717) is 5.92 Å². The summed E-state index contributed by atoms with van der Waals surface area (Å²) >= 11 is 0. The molecule has 1 rings (SSSR count). The van der Waals surface area contributed by atoms with E-state index in [0.717, 1.165) is 25.7 Å².